The number of nitrogens with one attached hydrogen (secondary N) is 2. The van der Waals surface area contributed by atoms with E-state index < -0.39 is 0 Å². The van der Waals surface area contributed by atoms with Crippen LogP contribution in [-0.2, 0) is 4.79 Å². The summed E-state index contributed by atoms with van der Waals surface area (Å²) < 4.78 is 0. The number of hydrogen-bond donors (Lipinski definition) is 2. The highest BCUT2D eigenvalue weighted by Gasteiger charge is 2.38. The highest BCUT2D eigenvalue weighted by molar-refractivity contribution is 6.31. The number of carbonyl (C=O) groups excluding carboxylic acids is 1. The van der Waals surface area contributed by atoms with Crippen molar-refractivity contribution in [3.63, 3.8) is 0 Å². The average molecular weight is 295 g/mol. The quantitative estimate of drug-likeness (QED) is 0.894. The molecule has 110 valence electrons. The van der Waals surface area contributed by atoms with Crippen LogP contribution >= 0.6 is 11.6 Å². The third-order valence-corrected chi connectivity index (χ3v) is 4.69. The van der Waals surface area contributed by atoms with Gasteiger partial charge in [-0.25, -0.2) is 0 Å². The summed E-state index contributed by atoms with van der Waals surface area (Å²) in [6, 6.07) is 7.60. The largest absolute Gasteiger partial charge is 0.349 e. The number of benzene rings is 1. The van der Waals surface area contributed by atoms with Crippen LogP contribution < -0.4 is 10.6 Å². The summed E-state index contributed by atoms with van der Waals surface area (Å²) in [7, 11) is 0. The zero-order chi connectivity index (χ0) is 14.6. The molecule has 0 spiro atoms. The highest BCUT2D eigenvalue weighted by Crippen LogP contribution is 2.31. The van der Waals surface area contributed by atoms with Gasteiger partial charge in [-0.1, -0.05) is 36.7 Å². The Morgan fingerprint density at radius 3 is 2.85 bits per heavy atom. The van der Waals surface area contributed by atoms with Crippen LogP contribution in [0.3, 0.4) is 0 Å². The predicted octanol–water partition coefficient (Wildman–Crippen LogP) is 3.30. The monoisotopic (exact) mass is 294 g/mol. The van der Waals surface area contributed by atoms with Crippen molar-refractivity contribution >= 4 is 17.5 Å². The summed E-state index contributed by atoms with van der Waals surface area (Å²) in [5.41, 5.74) is 0.700. The Bertz CT molecular complexity index is 469. The van der Waals surface area contributed by atoms with E-state index in [1.54, 1.807) is 0 Å². The second kappa shape index (κ2) is 6.59. The standard InChI is InChI=1S/C16H23ClN2O/c1-3-16(9-6-10-18-11-16)15(20)19-12(2)13-7-4-5-8-14(13)17/h4-5,7-8,12,18H,3,6,9-11H2,1-2H3,(H,19,20)/t12-,16?/m1/s1. The van der Waals surface area contributed by atoms with Crippen LogP contribution in [0.15, 0.2) is 24.3 Å². The summed E-state index contributed by atoms with van der Waals surface area (Å²) in [5, 5.41) is 7.18. The molecule has 1 saturated heterocycles. The number of piperidine rings is 1. The van der Waals surface area contributed by atoms with Gasteiger partial charge in [0.1, 0.15) is 0 Å². The van der Waals surface area contributed by atoms with E-state index in [1.807, 2.05) is 31.2 Å². The first-order valence-electron chi connectivity index (χ1n) is 7.35. The van der Waals surface area contributed by atoms with E-state index in [1.165, 1.54) is 0 Å². The molecule has 0 saturated carbocycles. The number of carbonyl (C=O) groups is 1. The summed E-state index contributed by atoms with van der Waals surface area (Å²) in [5.74, 6) is 0.139. The van der Waals surface area contributed by atoms with Gasteiger partial charge in [0.25, 0.3) is 0 Å². The lowest BCUT2D eigenvalue weighted by Crippen LogP contribution is -2.50. The fraction of sp³-hybridized carbons (Fsp3) is 0.562. The SMILES string of the molecule is CCC1(C(=O)N[C@H](C)c2ccccc2Cl)CCCNC1. The van der Waals surface area contributed by atoms with Crippen LogP contribution in [0.2, 0.25) is 5.02 Å². The minimum Gasteiger partial charge on any atom is -0.349 e. The smallest absolute Gasteiger partial charge is 0.227 e. The van der Waals surface area contributed by atoms with Gasteiger partial charge >= 0.3 is 0 Å². The van der Waals surface area contributed by atoms with Crippen molar-refractivity contribution in [1.29, 1.82) is 0 Å². The molecule has 1 unspecified atom stereocenters. The molecule has 0 bridgehead atoms. The molecule has 1 aromatic rings. The lowest BCUT2D eigenvalue weighted by Gasteiger charge is -2.36. The fourth-order valence-electron chi connectivity index (χ4n) is 2.88. The first-order chi connectivity index (χ1) is 9.59. The van der Waals surface area contributed by atoms with Crippen molar-refractivity contribution in [2.24, 2.45) is 5.41 Å². The van der Waals surface area contributed by atoms with E-state index in [0.29, 0.717) is 5.02 Å². The average Bonchev–Trinajstić information content (AvgIpc) is 2.48. The third-order valence-electron chi connectivity index (χ3n) is 4.35. The molecule has 0 radical (unpaired) electrons. The minimum atomic E-state index is -0.270. The summed E-state index contributed by atoms with van der Waals surface area (Å²) >= 11 is 6.19. The first kappa shape index (κ1) is 15.3. The highest BCUT2D eigenvalue weighted by atomic mass is 35.5. The van der Waals surface area contributed by atoms with Crippen LogP contribution in [-0.4, -0.2) is 19.0 Å². The molecule has 1 heterocycles. The van der Waals surface area contributed by atoms with Crippen LogP contribution in [0.25, 0.3) is 0 Å². The Labute approximate surface area is 126 Å². The second-order valence-corrected chi connectivity index (χ2v) is 6.04. The van der Waals surface area contributed by atoms with Crippen molar-refractivity contribution in [3.05, 3.63) is 34.9 Å². The molecule has 20 heavy (non-hydrogen) atoms. The third kappa shape index (κ3) is 3.15. The van der Waals surface area contributed by atoms with E-state index in [2.05, 4.69) is 17.6 Å². The molecule has 1 fully saturated rings. The maximum atomic E-state index is 12.7. The molecule has 2 atom stereocenters. The zero-order valence-corrected chi connectivity index (χ0v) is 13.0. The molecule has 1 aromatic carbocycles. The predicted molar refractivity (Wildman–Crippen MR) is 82.8 cm³/mol. The van der Waals surface area contributed by atoms with Gasteiger partial charge in [0, 0.05) is 11.6 Å². The Hall–Kier alpha value is -1.06. The van der Waals surface area contributed by atoms with Gasteiger partial charge in [-0.2, -0.15) is 0 Å². The topological polar surface area (TPSA) is 41.1 Å². The fourth-order valence-corrected chi connectivity index (χ4v) is 3.18. The molecule has 0 aliphatic carbocycles. The van der Waals surface area contributed by atoms with Gasteiger partial charge in [0.15, 0.2) is 0 Å². The number of rotatable bonds is 4. The van der Waals surface area contributed by atoms with Crippen molar-refractivity contribution in [1.82, 2.24) is 10.6 Å². The Kier molecular flexibility index (Phi) is 5.06. The first-order valence-corrected chi connectivity index (χ1v) is 7.73. The van der Waals surface area contributed by atoms with Gasteiger partial charge in [-0.05, 0) is 44.4 Å². The van der Waals surface area contributed by atoms with Gasteiger partial charge in [-0.15, -0.1) is 0 Å². The lowest BCUT2D eigenvalue weighted by molar-refractivity contribution is -0.133. The van der Waals surface area contributed by atoms with E-state index in [0.717, 1.165) is 37.9 Å². The lowest BCUT2D eigenvalue weighted by atomic mass is 9.77. The minimum absolute atomic E-state index is 0.0680. The van der Waals surface area contributed by atoms with Crippen LogP contribution in [0, 0.1) is 5.41 Å². The van der Waals surface area contributed by atoms with E-state index in [9.17, 15) is 4.79 Å². The number of halogens is 1. The van der Waals surface area contributed by atoms with Crippen LogP contribution in [0.1, 0.15) is 44.7 Å². The van der Waals surface area contributed by atoms with E-state index in [4.69, 9.17) is 11.6 Å². The molecular weight excluding hydrogens is 272 g/mol. The molecular formula is C16H23ClN2O. The van der Waals surface area contributed by atoms with E-state index in [-0.39, 0.29) is 17.4 Å². The molecule has 0 aromatic heterocycles. The van der Waals surface area contributed by atoms with Crippen molar-refractivity contribution in [2.75, 3.05) is 13.1 Å². The number of hydrogen-bond acceptors (Lipinski definition) is 2. The summed E-state index contributed by atoms with van der Waals surface area (Å²) in [4.78, 5) is 12.7. The van der Waals surface area contributed by atoms with Crippen molar-refractivity contribution in [3.8, 4) is 0 Å². The Morgan fingerprint density at radius 2 is 2.25 bits per heavy atom. The molecule has 2 N–H and O–H groups in total. The second-order valence-electron chi connectivity index (χ2n) is 5.63. The molecule has 1 aliphatic heterocycles. The van der Waals surface area contributed by atoms with Crippen molar-refractivity contribution in [2.45, 2.75) is 39.2 Å². The number of amides is 1. The van der Waals surface area contributed by atoms with Crippen molar-refractivity contribution < 1.29 is 4.79 Å². The Balaban J connectivity index is 2.08. The van der Waals surface area contributed by atoms with Gasteiger partial charge in [0.2, 0.25) is 5.91 Å². The molecule has 2 rings (SSSR count). The summed E-state index contributed by atoms with van der Waals surface area (Å²) in [6.07, 6.45) is 2.88. The summed E-state index contributed by atoms with van der Waals surface area (Å²) in [6.45, 7) is 5.85. The molecule has 4 heteroatoms. The Morgan fingerprint density at radius 1 is 1.50 bits per heavy atom. The molecule has 1 amide bonds. The zero-order valence-electron chi connectivity index (χ0n) is 12.2. The maximum Gasteiger partial charge on any atom is 0.227 e. The van der Waals surface area contributed by atoms with Gasteiger partial charge < -0.3 is 10.6 Å². The van der Waals surface area contributed by atoms with Crippen LogP contribution in [0.4, 0.5) is 0 Å². The van der Waals surface area contributed by atoms with E-state index >= 15 is 0 Å². The maximum absolute atomic E-state index is 12.7. The van der Waals surface area contributed by atoms with Gasteiger partial charge in [-0.3, -0.25) is 4.79 Å². The van der Waals surface area contributed by atoms with Crippen LogP contribution in [0.5, 0.6) is 0 Å². The van der Waals surface area contributed by atoms with Gasteiger partial charge in [0.05, 0.1) is 11.5 Å². The molecule has 3 nitrogen and oxygen atoms in total. The molecule has 1 aliphatic rings. The normalized spacial score (nSPS) is 24.1.